The number of benzene rings is 2. The lowest BCUT2D eigenvalue weighted by Crippen LogP contribution is -2.48. The van der Waals surface area contributed by atoms with Gasteiger partial charge in [-0.3, -0.25) is 0 Å². The summed E-state index contributed by atoms with van der Waals surface area (Å²) in [5.41, 5.74) is 1.30. The molecule has 1 saturated heterocycles. The van der Waals surface area contributed by atoms with Crippen LogP contribution in [0.5, 0.6) is 0 Å². The number of nitrogens with zero attached hydrogens (tertiary/aromatic N) is 1. The SMILES string of the molecule is CC1CN(S(=O)(=O)c2cccc(C(=O)OCCc3ccccc3)c2)CC(C)O1. The van der Waals surface area contributed by atoms with Gasteiger partial charge >= 0.3 is 5.97 Å². The molecule has 0 radical (unpaired) electrons. The minimum absolute atomic E-state index is 0.0892. The maximum atomic E-state index is 13.0. The molecule has 1 aliphatic rings. The van der Waals surface area contributed by atoms with E-state index >= 15 is 0 Å². The fourth-order valence-electron chi connectivity index (χ4n) is 3.25. The minimum Gasteiger partial charge on any atom is -0.462 e. The van der Waals surface area contributed by atoms with E-state index < -0.39 is 16.0 Å². The van der Waals surface area contributed by atoms with Gasteiger partial charge in [0.25, 0.3) is 0 Å². The number of esters is 1. The number of sulfonamides is 1. The molecule has 0 N–H and O–H groups in total. The van der Waals surface area contributed by atoms with Crippen LogP contribution in [0.1, 0.15) is 29.8 Å². The first-order valence-electron chi connectivity index (χ1n) is 9.33. The van der Waals surface area contributed by atoms with Crippen LogP contribution in [0.25, 0.3) is 0 Å². The third kappa shape index (κ3) is 4.98. The summed E-state index contributed by atoms with van der Waals surface area (Å²) in [4.78, 5) is 12.4. The normalized spacial score (nSPS) is 20.6. The fourth-order valence-corrected chi connectivity index (χ4v) is 4.89. The smallest absolute Gasteiger partial charge is 0.338 e. The second kappa shape index (κ2) is 8.86. The summed E-state index contributed by atoms with van der Waals surface area (Å²) in [5.74, 6) is -0.531. The first kappa shape index (κ1) is 20.5. The van der Waals surface area contributed by atoms with Crippen molar-refractivity contribution < 1.29 is 22.7 Å². The third-order valence-corrected chi connectivity index (χ3v) is 6.39. The zero-order valence-electron chi connectivity index (χ0n) is 16.1. The molecule has 0 bridgehead atoms. The Labute approximate surface area is 166 Å². The second-order valence-electron chi connectivity index (χ2n) is 6.98. The van der Waals surface area contributed by atoms with Crippen molar-refractivity contribution in [2.45, 2.75) is 37.4 Å². The molecule has 1 fully saturated rings. The second-order valence-corrected chi connectivity index (χ2v) is 8.92. The Morgan fingerprint density at radius 3 is 2.43 bits per heavy atom. The Morgan fingerprint density at radius 2 is 1.75 bits per heavy atom. The third-order valence-electron chi connectivity index (χ3n) is 4.56. The summed E-state index contributed by atoms with van der Waals surface area (Å²) in [6.07, 6.45) is 0.253. The van der Waals surface area contributed by atoms with Crippen molar-refractivity contribution in [3.8, 4) is 0 Å². The predicted molar refractivity (Wildman–Crippen MR) is 106 cm³/mol. The number of rotatable bonds is 6. The Kier molecular flexibility index (Phi) is 6.49. The van der Waals surface area contributed by atoms with Gasteiger partial charge in [-0.15, -0.1) is 0 Å². The average Bonchev–Trinajstić information content (AvgIpc) is 2.68. The van der Waals surface area contributed by atoms with Crippen LogP contribution in [0, 0.1) is 0 Å². The highest BCUT2D eigenvalue weighted by Gasteiger charge is 2.32. The summed E-state index contributed by atoms with van der Waals surface area (Å²) >= 11 is 0. The van der Waals surface area contributed by atoms with E-state index in [1.807, 2.05) is 44.2 Å². The van der Waals surface area contributed by atoms with Crippen molar-refractivity contribution >= 4 is 16.0 Å². The van der Waals surface area contributed by atoms with Crippen LogP contribution in [-0.4, -0.2) is 50.6 Å². The van der Waals surface area contributed by atoms with Gasteiger partial charge in [-0.1, -0.05) is 36.4 Å². The lowest BCUT2D eigenvalue weighted by Gasteiger charge is -2.34. The maximum Gasteiger partial charge on any atom is 0.338 e. The number of hydrogen-bond acceptors (Lipinski definition) is 5. The van der Waals surface area contributed by atoms with E-state index in [0.717, 1.165) is 5.56 Å². The Bertz CT molecular complexity index is 903. The molecule has 0 spiro atoms. The molecule has 2 unspecified atom stereocenters. The standard InChI is InChI=1S/C21H25NO5S/c1-16-14-22(15-17(2)27-16)28(24,25)20-10-6-9-19(13-20)21(23)26-12-11-18-7-4-3-5-8-18/h3-10,13,16-17H,11-12,14-15H2,1-2H3. The average molecular weight is 404 g/mol. The van der Waals surface area contributed by atoms with Gasteiger partial charge in [0, 0.05) is 19.5 Å². The number of ether oxygens (including phenoxy) is 2. The summed E-state index contributed by atoms with van der Waals surface area (Å²) in [7, 11) is -3.70. The highest BCUT2D eigenvalue weighted by Crippen LogP contribution is 2.22. The van der Waals surface area contributed by atoms with Gasteiger partial charge in [0.2, 0.25) is 10.0 Å². The van der Waals surface area contributed by atoms with E-state index in [-0.39, 0.29) is 29.3 Å². The van der Waals surface area contributed by atoms with Crippen molar-refractivity contribution in [1.82, 2.24) is 4.31 Å². The molecule has 6 nitrogen and oxygen atoms in total. The highest BCUT2D eigenvalue weighted by molar-refractivity contribution is 7.89. The van der Waals surface area contributed by atoms with E-state index in [9.17, 15) is 13.2 Å². The highest BCUT2D eigenvalue weighted by atomic mass is 32.2. The van der Waals surface area contributed by atoms with Gasteiger partial charge in [0.05, 0.1) is 29.3 Å². The lowest BCUT2D eigenvalue weighted by molar-refractivity contribution is -0.0440. The van der Waals surface area contributed by atoms with Crippen molar-refractivity contribution in [2.75, 3.05) is 19.7 Å². The summed E-state index contributed by atoms with van der Waals surface area (Å²) in [5, 5.41) is 0. The molecule has 2 aromatic rings. The molecule has 1 aliphatic heterocycles. The largest absolute Gasteiger partial charge is 0.462 e. The van der Waals surface area contributed by atoms with Crippen molar-refractivity contribution in [3.63, 3.8) is 0 Å². The molecule has 0 saturated carbocycles. The van der Waals surface area contributed by atoms with Crippen LogP contribution in [0.2, 0.25) is 0 Å². The molecule has 0 aliphatic carbocycles. The lowest BCUT2D eigenvalue weighted by atomic mass is 10.2. The van der Waals surface area contributed by atoms with Gasteiger partial charge in [0.15, 0.2) is 0 Å². The Hall–Kier alpha value is -2.22. The van der Waals surface area contributed by atoms with Crippen LogP contribution in [0.3, 0.4) is 0 Å². The van der Waals surface area contributed by atoms with E-state index in [0.29, 0.717) is 19.5 Å². The molecule has 2 aromatic carbocycles. The molecule has 0 aromatic heterocycles. The van der Waals surface area contributed by atoms with E-state index in [1.165, 1.54) is 16.4 Å². The van der Waals surface area contributed by atoms with Crippen LogP contribution < -0.4 is 0 Å². The van der Waals surface area contributed by atoms with Crippen LogP contribution in [0.15, 0.2) is 59.5 Å². The minimum atomic E-state index is -3.70. The molecule has 1 heterocycles. The van der Waals surface area contributed by atoms with Gasteiger partial charge in [0.1, 0.15) is 0 Å². The van der Waals surface area contributed by atoms with Crippen LogP contribution in [-0.2, 0) is 25.9 Å². The number of morpholine rings is 1. The topological polar surface area (TPSA) is 72.9 Å². The summed E-state index contributed by atoms with van der Waals surface area (Å²) in [6, 6.07) is 15.7. The Morgan fingerprint density at radius 1 is 1.07 bits per heavy atom. The fraction of sp³-hybridized carbons (Fsp3) is 0.381. The summed E-state index contributed by atoms with van der Waals surface area (Å²) in [6.45, 7) is 4.51. The molecule has 0 amide bonds. The van der Waals surface area contributed by atoms with Gasteiger partial charge in [-0.2, -0.15) is 4.31 Å². The Balaban J connectivity index is 1.68. The molecule has 3 rings (SSSR count). The zero-order valence-corrected chi connectivity index (χ0v) is 16.9. The maximum absolute atomic E-state index is 13.0. The van der Waals surface area contributed by atoms with Crippen molar-refractivity contribution in [1.29, 1.82) is 0 Å². The molecule has 7 heteroatoms. The van der Waals surface area contributed by atoms with Crippen molar-refractivity contribution in [3.05, 3.63) is 65.7 Å². The van der Waals surface area contributed by atoms with Gasteiger partial charge < -0.3 is 9.47 Å². The number of carbonyl (C=O) groups is 1. The van der Waals surface area contributed by atoms with Crippen LogP contribution >= 0.6 is 0 Å². The molecular weight excluding hydrogens is 378 g/mol. The van der Waals surface area contributed by atoms with E-state index in [2.05, 4.69) is 0 Å². The van der Waals surface area contributed by atoms with Crippen LogP contribution in [0.4, 0.5) is 0 Å². The quantitative estimate of drug-likeness (QED) is 0.694. The predicted octanol–water partition coefficient (Wildman–Crippen LogP) is 2.88. The molecule has 150 valence electrons. The van der Waals surface area contributed by atoms with Gasteiger partial charge in [-0.25, -0.2) is 13.2 Å². The van der Waals surface area contributed by atoms with Crippen molar-refractivity contribution in [2.24, 2.45) is 0 Å². The van der Waals surface area contributed by atoms with E-state index in [1.54, 1.807) is 12.1 Å². The van der Waals surface area contributed by atoms with E-state index in [4.69, 9.17) is 9.47 Å². The molecule has 2 atom stereocenters. The molecular formula is C21H25NO5S. The first-order valence-corrected chi connectivity index (χ1v) is 10.8. The number of carbonyl (C=O) groups excluding carboxylic acids is 1. The first-order chi connectivity index (χ1) is 13.4. The monoisotopic (exact) mass is 403 g/mol. The number of hydrogen-bond donors (Lipinski definition) is 0. The molecule has 28 heavy (non-hydrogen) atoms. The zero-order chi connectivity index (χ0) is 20.1. The van der Waals surface area contributed by atoms with Gasteiger partial charge in [-0.05, 0) is 37.6 Å². The summed E-state index contributed by atoms with van der Waals surface area (Å²) < 4.78 is 38.3.